The molecule has 0 fully saturated rings. The molecule has 1 aromatic carbocycles. The summed E-state index contributed by atoms with van der Waals surface area (Å²) in [6.07, 6.45) is 1.01. The highest BCUT2D eigenvalue weighted by Gasteiger charge is 2.13. The van der Waals surface area contributed by atoms with Crippen LogP contribution in [0.5, 0.6) is 11.6 Å². The number of nitrogens with two attached hydrogens (primary N) is 1. The van der Waals surface area contributed by atoms with Crippen molar-refractivity contribution in [3.8, 4) is 11.6 Å². The molecule has 2 rings (SSSR count). The van der Waals surface area contributed by atoms with Crippen molar-refractivity contribution in [2.75, 3.05) is 5.43 Å². The van der Waals surface area contributed by atoms with Gasteiger partial charge in [0, 0.05) is 0 Å². The fraction of sp³-hybridized carbons (Fsp3) is 0.231. The van der Waals surface area contributed by atoms with Crippen LogP contribution in [0, 0.1) is 26.6 Å². The van der Waals surface area contributed by atoms with Gasteiger partial charge < -0.3 is 4.74 Å². The van der Waals surface area contributed by atoms with Crippen LogP contribution in [0.2, 0.25) is 0 Å². The predicted octanol–water partition coefficient (Wildman–Crippen LogP) is 2.62. The van der Waals surface area contributed by atoms with Crippen molar-refractivity contribution in [3.05, 3.63) is 40.8 Å². The molecule has 0 saturated carbocycles. The molecule has 0 spiro atoms. The first kappa shape index (κ1) is 13.2. The van der Waals surface area contributed by atoms with Gasteiger partial charge in [-0.25, -0.2) is 10.8 Å². The zero-order valence-corrected chi connectivity index (χ0v) is 11.0. The molecule has 0 saturated heterocycles. The maximum absolute atomic E-state index is 13.6. The molecule has 1 aromatic heterocycles. The predicted molar refractivity (Wildman–Crippen MR) is 70.5 cm³/mol. The summed E-state index contributed by atoms with van der Waals surface area (Å²) in [5.41, 5.74) is 5.16. The molecule has 5 nitrogen and oxygen atoms in total. The Morgan fingerprint density at radius 1 is 1.21 bits per heavy atom. The number of anilines is 1. The minimum absolute atomic E-state index is 0.0966. The van der Waals surface area contributed by atoms with Gasteiger partial charge in [-0.05, 0) is 37.5 Å². The normalized spacial score (nSPS) is 10.4. The molecule has 19 heavy (non-hydrogen) atoms. The molecule has 2 aromatic rings. The summed E-state index contributed by atoms with van der Waals surface area (Å²) in [5, 5.41) is 0. The molecular weight excluding hydrogens is 247 g/mol. The minimum atomic E-state index is -0.640. The lowest BCUT2D eigenvalue weighted by Crippen LogP contribution is -2.11. The highest BCUT2D eigenvalue weighted by atomic mass is 19.1. The van der Waals surface area contributed by atoms with Gasteiger partial charge in [0.25, 0.3) is 5.88 Å². The zero-order chi connectivity index (χ0) is 14.0. The van der Waals surface area contributed by atoms with Crippen molar-refractivity contribution in [2.45, 2.75) is 20.8 Å². The van der Waals surface area contributed by atoms with E-state index in [1.165, 1.54) is 0 Å². The quantitative estimate of drug-likeness (QED) is 0.657. The number of nitrogen functional groups attached to an aromatic ring is 1. The monoisotopic (exact) mass is 262 g/mol. The van der Waals surface area contributed by atoms with Gasteiger partial charge in [-0.1, -0.05) is 12.1 Å². The van der Waals surface area contributed by atoms with Gasteiger partial charge in [0.05, 0.1) is 6.20 Å². The number of aromatic nitrogens is 2. The van der Waals surface area contributed by atoms with Crippen LogP contribution in [0.25, 0.3) is 0 Å². The van der Waals surface area contributed by atoms with E-state index >= 15 is 0 Å². The Bertz CT molecular complexity index is 616. The molecule has 0 atom stereocenters. The van der Waals surface area contributed by atoms with E-state index in [1.807, 2.05) is 32.9 Å². The Labute approximate surface area is 110 Å². The summed E-state index contributed by atoms with van der Waals surface area (Å²) in [6, 6.07) is 3.90. The van der Waals surface area contributed by atoms with Crippen LogP contribution in [0.15, 0.2) is 18.3 Å². The minimum Gasteiger partial charge on any atom is -0.436 e. The zero-order valence-electron chi connectivity index (χ0n) is 11.0. The van der Waals surface area contributed by atoms with E-state index in [9.17, 15) is 4.39 Å². The third-order valence-electron chi connectivity index (χ3n) is 2.91. The van der Waals surface area contributed by atoms with Crippen molar-refractivity contribution >= 4 is 5.95 Å². The number of hydrogen-bond acceptors (Lipinski definition) is 5. The van der Waals surface area contributed by atoms with E-state index < -0.39 is 5.82 Å². The molecule has 3 N–H and O–H groups in total. The lowest BCUT2D eigenvalue weighted by molar-refractivity contribution is 0.415. The third kappa shape index (κ3) is 2.63. The van der Waals surface area contributed by atoms with Crippen molar-refractivity contribution in [3.63, 3.8) is 0 Å². The Balaban J connectivity index is 2.44. The summed E-state index contributed by atoms with van der Waals surface area (Å²) in [4.78, 5) is 7.51. The molecule has 1 heterocycles. The van der Waals surface area contributed by atoms with Gasteiger partial charge in [0.1, 0.15) is 5.75 Å². The second-order valence-corrected chi connectivity index (χ2v) is 4.25. The maximum Gasteiger partial charge on any atom is 0.260 e. The molecule has 0 bridgehead atoms. The lowest BCUT2D eigenvalue weighted by atomic mass is 10.1. The summed E-state index contributed by atoms with van der Waals surface area (Å²) < 4.78 is 19.2. The molecule has 0 aliphatic carbocycles. The number of nitrogens with one attached hydrogen (secondary N) is 1. The molecule has 0 aliphatic heterocycles. The summed E-state index contributed by atoms with van der Waals surface area (Å²) in [5.74, 6) is 5.09. The molecule has 100 valence electrons. The van der Waals surface area contributed by atoms with Gasteiger partial charge in [-0.2, -0.15) is 9.37 Å². The first-order valence-electron chi connectivity index (χ1n) is 5.76. The Kier molecular flexibility index (Phi) is 3.62. The number of aryl methyl sites for hydroxylation is 2. The Morgan fingerprint density at radius 2 is 1.89 bits per heavy atom. The van der Waals surface area contributed by atoms with Crippen molar-refractivity contribution < 1.29 is 9.13 Å². The average Bonchev–Trinajstić information content (AvgIpc) is 2.41. The van der Waals surface area contributed by atoms with Gasteiger partial charge in [0.2, 0.25) is 11.8 Å². The van der Waals surface area contributed by atoms with Crippen molar-refractivity contribution in [1.29, 1.82) is 0 Å². The number of rotatable bonds is 3. The molecule has 6 heteroatoms. The first-order chi connectivity index (χ1) is 9.02. The number of ether oxygens (including phenoxy) is 1. The van der Waals surface area contributed by atoms with Crippen LogP contribution in [0.1, 0.15) is 16.7 Å². The van der Waals surface area contributed by atoms with Crippen molar-refractivity contribution in [2.24, 2.45) is 5.84 Å². The van der Waals surface area contributed by atoms with Gasteiger partial charge in [-0.15, -0.1) is 0 Å². The molecule has 0 unspecified atom stereocenters. The van der Waals surface area contributed by atoms with Crippen LogP contribution in [0.3, 0.4) is 0 Å². The number of hydrogen-bond donors (Lipinski definition) is 2. The topological polar surface area (TPSA) is 73.1 Å². The second kappa shape index (κ2) is 5.19. The fourth-order valence-corrected chi connectivity index (χ4v) is 1.67. The van der Waals surface area contributed by atoms with E-state index in [4.69, 9.17) is 10.6 Å². The van der Waals surface area contributed by atoms with Crippen LogP contribution in [-0.2, 0) is 0 Å². The molecule has 0 radical (unpaired) electrons. The molecule has 0 aliphatic rings. The van der Waals surface area contributed by atoms with Crippen LogP contribution < -0.4 is 16.0 Å². The number of benzene rings is 1. The van der Waals surface area contributed by atoms with E-state index in [1.54, 1.807) is 0 Å². The van der Waals surface area contributed by atoms with Gasteiger partial charge in [0.15, 0.2) is 0 Å². The first-order valence-corrected chi connectivity index (χ1v) is 5.76. The summed E-state index contributed by atoms with van der Waals surface area (Å²) >= 11 is 0. The van der Waals surface area contributed by atoms with Crippen LogP contribution >= 0.6 is 0 Å². The number of hydrazine groups is 1. The van der Waals surface area contributed by atoms with Crippen molar-refractivity contribution in [1.82, 2.24) is 9.97 Å². The molecule has 0 amide bonds. The largest absolute Gasteiger partial charge is 0.436 e. The highest BCUT2D eigenvalue weighted by Crippen LogP contribution is 2.30. The SMILES string of the molecule is Cc1ccc(C)c(Oc2nc(NN)ncc2F)c1C. The van der Waals surface area contributed by atoms with Crippen LogP contribution in [0.4, 0.5) is 10.3 Å². The number of nitrogens with zero attached hydrogens (tertiary/aromatic N) is 2. The maximum atomic E-state index is 13.6. The fourth-order valence-electron chi connectivity index (χ4n) is 1.67. The molecular formula is C13H15FN4O. The average molecular weight is 262 g/mol. The van der Waals surface area contributed by atoms with E-state index in [0.29, 0.717) is 5.75 Å². The lowest BCUT2D eigenvalue weighted by Gasteiger charge is -2.13. The standard InChI is InChI=1S/C13H15FN4O/c1-7-4-5-8(2)11(9(7)3)19-12-10(14)6-16-13(17-12)18-15/h4-6H,15H2,1-3H3,(H,16,17,18). The Morgan fingerprint density at radius 3 is 2.58 bits per heavy atom. The van der Waals surface area contributed by atoms with Gasteiger partial charge in [-0.3, -0.25) is 5.43 Å². The number of halogens is 1. The van der Waals surface area contributed by atoms with E-state index in [0.717, 1.165) is 22.9 Å². The second-order valence-electron chi connectivity index (χ2n) is 4.25. The summed E-state index contributed by atoms with van der Waals surface area (Å²) in [6.45, 7) is 5.77. The Hall–Kier alpha value is -2.21. The van der Waals surface area contributed by atoms with E-state index in [-0.39, 0.29) is 11.8 Å². The smallest absolute Gasteiger partial charge is 0.260 e. The summed E-state index contributed by atoms with van der Waals surface area (Å²) in [7, 11) is 0. The van der Waals surface area contributed by atoms with Gasteiger partial charge >= 0.3 is 0 Å². The van der Waals surface area contributed by atoms with Crippen LogP contribution in [-0.4, -0.2) is 9.97 Å². The third-order valence-corrected chi connectivity index (χ3v) is 2.91. The van der Waals surface area contributed by atoms with E-state index in [2.05, 4.69) is 15.4 Å². The highest BCUT2D eigenvalue weighted by molar-refractivity contribution is 5.46.